The third-order valence-corrected chi connectivity index (χ3v) is 4.78. The highest BCUT2D eigenvalue weighted by Crippen LogP contribution is 2.41. The molecule has 2 nitrogen and oxygen atoms in total. The Balaban J connectivity index is 2.34. The number of ether oxygens (including phenoxy) is 1. The van der Waals surface area contributed by atoms with Gasteiger partial charge in [0.25, 0.3) is 0 Å². The van der Waals surface area contributed by atoms with Crippen molar-refractivity contribution in [1.29, 1.82) is 0 Å². The van der Waals surface area contributed by atoms with Gasteiger partial charge in [-0.1, -0.05) is 63.2 Å². The Morgan fingerprint density at radius 3 is 2.13 bits per heavy atom. The van der Waals surface area contributed by atoms with Crippen LogP contribution >= 0.6 is 11.8 Å². The van der Waals surface area contributed by atoms with Crippen LogP contribution in [0.5, 0.6) is 5.75 Å². The fourth-order valence-electron chi connectivity index (χ4n) is 2.51. The summed E-state index contributed by atoms with van der Waals surface area (Å²) in [6, 6.07) is 18.6. The normalized spacial score (nSPS) is 14.3. The second-order valence-electron chi connectivity index (χ2n) is 6.90. The highest BCUT2D eigenvalue weighted by molar-refractivity contribution is 8.00. The lowest BCUT2D eigenvalue weighted by atomic mass is 9.92. The van der Waals surface area contributed by atoms with Crippen LogP contribution in [-0.2, 0) is 5.60 Å². The van der Waals surface area contributed by atoms with Crippen LogP contribution in [0.3, 0.4) is 0 Å². The van der Waals surface area contributed by atoms with E-state index >= 15 is 0 Å². The van der Waals surface area contributed by atoms with Crippen LogP contribution in [0, 0.1) is 0 Å². The van der Waals surface area contributed by atoms with Gasteiger partial charge in [0.15, 0.2) is 0 Å². The van der Waals surface area contributed by atoms with Crippen LogP contribution in [0.25, 0.3) is 0 Å². The lowest BCUT2D eigenvalue weighted by Crippen LogP contribution is -2.32. The van der Waals surface area contributed by atoms with Gasteiger partial charge < -0.3 is 10.5 Å². The van der Waals surface area contributed by atoms with Gasteiger partial charge in [-0.15, -0.1) is 11.8 Å². The molecular formula is C20H27NOS. The molecule has 23 heavy (non-hydrogen) atoms. The molecule has 0 radical (unpaired) electrons. The fourth-order valence-corrected chi connectivity index (χ4v) is 3.53. The van der Waals surface area contributed by atoms with E-state index in [0.29, 0.717) is 6.54 Å². The molecule has 2 N–H and O–H groups in total. The molecular weight excluding hydrogens is 302 g/mol. The van der Waals surface area contributed by atoms with Crippen molar-refractivity contribution < 1.29 is 4.74 Å². The van der Waals surface area contributed by atoms with Crippen molar-refractivity contribution in [3.05, 3.63) is 60.2 Å². The maximum Gasteiger partial charge on any atom is 0.134 e. The molecule has 0 aliphatic heterocycles. The first-order valence-electron chi connectivity index (χ1n) is 8.07. The molecule has 124 valence electrons. The van der Waals surface area contributed by atoms with Crippen LogP contribution in [-0.4, -0.2) is 11.3 Å². The highest BCUT2D eigenvalue weighted by atomic mass is 32.2. The molecule has 0 bridgehead atoms. The Kier molecular flexibility index (Phi) is 5.77. The van der Waals surface area contributed by atoms with E-state index in [4.69, 9.17) is 10.5 Å². The number of hydrogen-bond acceptors (Lipinski definition) is 3. The number of hydrogen-bond donors (Lipinski definition) is 1. The quantitative estimate of drug-likeness (QED) is 0.738. The van der Waals surface area contributed by atoms with E-state index in [-0.39, 0.29) is 4.75 Å². The molecule has 3 heteroatoms. The zero-order valence-electron chi connectivity index (χ0n) is 14.5. The second kappa shape index (κ2) is 7.41. The molecule has 0 spiro atoms. The summed E-state index contributed by atoms with van der Waals surface area (Å²) in [5.41, 5.74) is 6.59. The molecule has 1 atom stereocenters. The summed E-state index contributed by atoms with van der Waals surface area (Å²) in [6.45, 7) is 9.34. The van der Waals surface area contributed by atoms with Crippen LogP contribution < -0.4 is 10.5 Å². The SMILES string of the molecule is CC(C)(C)Sc1ccccc1OC(C)(CCN)c1ccccc1. The molecule has 0 amide bonds. The largest absolute Gasteiger partial charge is 0.482 e. The third kappa shape index (κ3) is 5.02. The van der Waals surface area contributed by atoms with Crippen molar-refractivity contribution in [1.82, 2.24) is 0 Å². The van der Waals surface area contributed by atoms with Crippen LogP contribution in [0.2, 0.25) is 0 Å². The van der Waals surface area contributed by atoms with Gasteiger partial charge in [0.2, 0.25) is 0 Å². The van der Waals surface area contributed by atoms with Crippen molar-refractivity contribution in [2.24, 2.45) is 5.73 Å². The van der Waals surface area contributed by atoms with E-state index in [1.807, 2.05) is 42.1 Å². The number of thioether (sulfide) groups is 1. The van der Waals surface area contributed by atoms with Crippen molar-refractivity contribution >= 4 is 11.8 Å². The smallest absolute Gasteiger partial charge is 0.134 e. The minimum Gasteiger partial charge on any atom is -0.482 e. The van der Waals surface area contributed by atoms with Gasteiger partial charge in [-0.2, -0.15) is 0 Å². The average Bonchev–Trinajstić information content (AvgIpc) is 2.49. The minimum absolute atomic E-state index is 0.135. The van der Waals surface area contributed by atoms with Gasteiger partial charge in [-0.05, 0) is 31.2 Å². The van der Waals surface area contributed by atoms with Crippen LogP contribution in [0.4, 0.5) is 0 Å². The molecule has 0 aromatic heterocycles. The summed E-state index contributed by atoms with van der Waals surface area (Å²) in [7, 11) is 0. The van der Waals surface area contributed by atoms with Crippen molar-refractivity contribution in [3.8, 4) is 5.75 Å². The lowest BCUT2D eigenvalue weighted by molar-refractivity contribution is 0.0762. The van der Waals surface area contributed by atoms with Gasteiger partial charge in [-0.3, -0.25) is 0 Å². The van der Waals surface area contributed by atoms with E-state index in [9.17, 15) is 0 Å². The lowest BCUT2D eigenvalue weighted by Gasteiger charge is -2.32. The van der Waals surface area contributed by atoms with E-state index in [2.05, 4.69) is 52.0 Å². The molecule has 2 rings (SSSR count). The van der Waals surface area contributed by atoms with Gasteiger partial charge >= 0.3 is 0 Å². The molecule has 2 aromatic rings. The predicted molar refractivity (Wildman–Crippen MR) is 100 cm³/mol. The number of para-hydroxylation sites is 1. The van der Waals surface area contributed by atoms with Gasteiger partial charge in [-0.25, -0.2) is 0 Å². The Bertz CT molecular complexity index is 621. The zero-order chi connectivity index (χ0) is 16.9. The van der Waals surface area contributed by atoms with Crippen molar-refractivity contribution in [2.75, 3.05) is 6.54 Å². The van der Waals surface area contributed by atoms with E-state index in [0.717, 1.165) is 17.7 Å². The first kappa shape index (κ1) is 17.9. The average molecular weight is 330 g/mol. The summed E-state index contributed by atoms with van der Waals surface area (Å²) < 4.78 is 6.64. The fraction of sp³-hybridized carbons (Fsp3) is 0.400. The topological polar surface area (TPSA) is 35.2 Å². The Hall–Kier alpha value is -1.45. The highest BCUT2D eigenvalue weighted by Gasteiger charge is 2.29. The van der Waals surface area contributed by atoms with E-state index < -0.39 is 5.60 Å². The number of rotatable bonds is 6. The second-order valence-corrected chi connectivity index (χ2v) is 8.77. The van der Waals surface area contributed by atoms with E-state index in [1.54, 1.807) is 0 Å². The number of benzene rings is 2. The molecule has 2 aromatic carbocycles. The summed E-state index contributed by atoms with van der Waals surface area (Å²) in [4.78, 5) is 1.17. The molecule has 1 unspecified atom stereocenters. The van der Waals surface area contributed by atoms with Gasteiger partial charge in [0, 0.05) is 16.1 Å². The standard InChI is InChI=1S/C20H27NOS/c1-19(2,3)23-18-13-9-8-12-17(18)22-20(4,14-15-21)16-10-6-5-7-11-16/h5-13H,14-15,21H2,1-4H3. The molecule has 0 saturated heterocycles. The Morgan fingerprint density at radius 1 is 0.913 bits per heavy atom. The minimum atomic E-state index is -0.426. The summed E-state index contributed by atoms with van der Waals surface area (Å²) in [6.07, 6.45) is 0.769. The molecule has 0 heterocycles. The summed E-state index contributed by atoms with van der Waals surface area (Å²) in [5, 5.41) is 0. The third-order valence-electron chi connectivity index (χ3n) is 3.61. The van der Waals surface area contributed by atoms with E-state index in [1.165, 1.54) is 4.90 Å². The molecule has 0 aliphatic carbocycles. The van der Waals surface area contributed by atoms with Crippen LogP contribution in [0.15, 0.2) is 59.5 Å². The van der Waals surface area contributed by atoms with Gasteiger partial charge in [0.1, 0.15) is 11.4 Å². The first-order valence-corrected chi connectivity index (χ1v) is 8.88. The summed E-state index contributed by atoms with van der Waals surface area (Å²) >= 11 is 1.83. The van der Waals surface area contributed by atoms with Gasteiger partial charge in [0.05, 0.1) is 0 Å². The predicted octanol–water partition coefficient (Wildman–Crippen LogP) is 5.22. The first-order chi connectivity index (χ1) is 10.8. The molecule has 0 aliphatic rings. The summed E-state index contributed by atoms with van der Waals surface area (Å²) in [5.74, 6) is 0.923. The number of nitrogens with two attached hydrogens (primary N) is 1. The monoisotopic (exact) mass is 329 g/mol. The molecule has 0 saturated carbocycles. The Labute approximate surface area is 144 Å². The van der Waals surface area contributed by atoms with Crippen LogP contribution in [0.1, 0.15) is 39.7 Å². The van der Waals surface area contributed by atoms with Crippen molar-refractivity contribution in [3.63, 3.8) is 0 Å². The Morgan fingerprint density at radius 2 is 1.52 bits per heavy atom. The molecule has 0 fully saturated rings. The maximum atomic E-state index is 6.50. The maximum absolute atomic E-state index is 6.50. The van der Waals surface area contributed by atoms with Crippen molar-refractivity contribution in [2.45, 2.75) is 49.4 Å². The zero-order valence-corrected chi connectivity index (χ0v) is 15.3.